The van der Waals surface area contributed by atoms with Gasteiger partial charge in [-0.05, 0) is 66.4 Å². The van der Waals surface area contributed by atoms with E-state index in [2.05, 4.69) is 41.9 Å². The second kappa shape index (κ2) is 27.1. The summed E-state index contributed by atoms with van der Waals surface area (Å²) in [6.07, 6.45) is 4.52. The van der Waals surface area contributed by atoms with Crippen LogP contribution in [0.15, 0.2) is 120 Å². The quantitative estimate of drug-likeness (QED) is 0.0379. The Labute approximate surface area is 389 Å². The number of carbonyl (C=O) groups is 5. The smallest absolute Gasteiger partial charge is 0.319 e. The van der Waals surface area contributed by atoms with Crippen molar-refractivity contribution in [3.05, 3.63) is 148 Å². The predicted octanol–water partition coefficient (Wildman–Crippen LogP) is 3.41. The summed E-state index contributed by atoms with van der Waals surface area (Å²) in [7, 11) is 0. The Hall–Kier alpha value is -8.28. The second-order valence-corrected chi connectivity index (χ2v) is 14.8. The lowest BCUT2D eigenvalue weighted by Gasteiger charge is -2.20. The Morgan fingerprint density at radius 2 is 1.21 bits per heavy atom. The Morgan fingerprint density at radius 1 is 0.657 bits per heavy atom. The van der Waals surface area contributed by atoms with Crippen LogP contribution in [0.3, 0.4) is 0 Å². The van der Waals surface area contributed by atoms with Gasteiger partial charge in [0.25, 0.3) is 17.4 Å². The molecular formula is C44H54N14O8S. The zero-order valence-electron chi connectivity index (χ0n) is 36.8. The fourth-order valence-corrected chi connectivity index (χ4v) is 5.97. The van der Waals surface area contributed by atoms with Crippen LogP contribution in [0.1, 0.15) is 36.1 Å². The molecule has 13 N–H and O–H groups in total. The standard InChI is InChI=1S/C19H24N4O3.C14H13N5O2S.C11H17N5O3/c1-2-23(26-14-16-6-4-3-5-7-16)18(24)13-22-19(25)21-12-15-8-10-17(20)11-9-15;15-10-3-1-9(2-4-10)7-16-13(21)18-11-8-17-14-19(12(11)20)5-6-22-14;1-2-16(19)10(17)7-15-11(18)14-6-8-3-4-9(12)13-5-8/h3-11H,2,12-14,20H2,1H3,(H2,21,22,25);1-6,8H,7,15H2,(H2,16,18,21);3-5,19H,2,6-7H2,1H3,(H2,12,13)(H2,14,15,18). The summed E-state index contributed by atoms with van der Waals surface area (Å²) in [6, 6.07) is 25.9. The number of aromatic nitrogens is 3. The summed E-state index contributed by atoms with van der Waals surface area (Å²) in [5.41, 5.74) is 21.4. The molecule has 354 valence electrons. The first-order chi connectivity index (χ1) is 32.2. The number of hydroxylamine groups is 4. The fourth-order valence-electron chi connectivity index (χ4n) is 5.29. The maximum absolute atomic E-state index is 12.2. The van der Waals surface area contributed by atoms with Gasteiger partial charge in [-0.15, -0.1) is 11.3 Å². The van der Waals surface area contributed by atoms with Crippen molar-refractivity contribution >= 4 is 69.1 Å². The highest BCUT2D eigenvalue weighted by Crippen LogP contribution is 2.09. The maximum Gasteiger partial charge on any atom is 0.319 e. The van der Waals surface area contributed by atoms with Crippen molar-refractivity contribution in [3.8, 4) is 0 Å². The van der Waals surface area contributed by atoms with E-state index in [1.165, 1.54) is 27.0 Å². The number of pyridine rings is 1. The van der Waals surface area contributed by atoms with E-state index in [-0.39, 0.29) is 43.3 Å². The molecule has 3 heterocycles. The van der Waals surface area contributed by atoms with Crippen LogP contribution < -0.4 is 54.7 Å². The van der Waals surface area contributed by atoms with Crippen LogP contribution in [-0.2, 0) is 40.7 Å². The lowest BCUT2D eigenvalue weighted by Crippen LogP contribution is -2.43. The first-order valence-corrected chi connectivity index (χ1v) is 21.5. The number of urea groups is 3. The van der Waals surface area contributed by atoms with Crippen molar-refractivity contribution < 1.29 is 34.0 Å². The number of likely N-dealkylation sites (N-methyl/N-ethyl adjacent to an activating group) is 2. The van der Waals surface area contributed by atoms with Crippen molar-refractivity contribution in [3.63, 3.8) is 0 Å². The molecule has 67 heavy (non-hydrogen) atoms. The monoisotopic (exact) mass is 938 g/mol. The van der Waals surface area contributed by atoms with E-state index in [0.717, 1.165) is 22.3 Å². The summed E-state index contributed by atoms with van der Waals surface area (Å²) < 4.78 is 1.39. The normalized spacial score (nSPS) is 10.2. The third-order valence-electron chi connectivity index (χ3n) is 8.94. The number of anilines is 4. The molecule has 6 aromatic rings. The average molecular weight is 939 g/mol. The van der Waals surface area contributed by atoms with Gasteiger partial charge in [-0.3, -0.25) is 28.8 Å². The number of benzene rings is 3. The molecule has 0 atom stereocenters. The molecule has 0 spiro atoms. The van der Waals surface area contributed by atoms with Crippen LogP contribution in [0.25, 0.3) is 4.96 Å². The minimum Gasteiger partial charge on any atom is -0.399 e. The number of thiazole rings is 1. The molecule has 0 saturated heterocycles. The number of nitrogen functional groups attached to an aromatic ring is 3. The third-order valence-corrected chi connectivity index (χ3v) is 9.71. The molecule has 23 heteroatoms. The highest BCUT2D eigenvalue weighted by molar-refractivity contribution is 7.15. The Balaban J connectivity index is 0.000000222. The number of fused-ring (bicyclic) bond motifs is 1. The summed E-state index contributed by atoms with van der Waals surface area (Å²) in [5.74, 6) is -0.487. The molecule has 0 aliphatic heterocycles. The van der Waals surface area contributed by atoms with E-state index in [1.807, 2.05) is 61.5 Å². The Morgan fingerprint density at radius 3 is 1.76 bits per heavy atom. The van der Waals surface area contributed by atoms with Crippen LogP contribution in [0.4, 0.5) is 37.3 Å². The van der Waals surface area contributed by atoms with Gasteiger partial charge in [0.2, 0.25) is 0 Å². The first kappa shape index (κ1) is 51.4. The van der Waals surface area contributed by atoms with Crippen molar-refractivity contribution in [2.45, 2.75) is 40.1 Å². The van der Waals surface area contributed by atoms with Crippen LogP contribution >= 0.6 is 11.3 Å². The van der Waals surface area contributed by atoms with Crippen LogP contribution in [-0.4, -0.2) is 85.8 Å². The van der Waals surface area contributed by atoms with Crippen LogP contribution in [0.2, 0.25) is 0 Å². The first-order valence-electron chi connectivity index (χ1n) is 20.6. The van der Waals surface area contributed by atoms with Gasteiger partial charge in [0, 0.05) is 61.9 Å². The molecule has 0 saturated carbocycles. The van der Waals surface area contributed by atoms with Gasteiger partial charge in [0.05, 0.1) is 6.20 Å². The van der Waals surface area contributed by atoms with E-state index in [4.69, 9.17) is 27.2 Å². The number of nitrogens with two attached hydrogens (primary N) is 3. The van der Waals surface area contributed by atoms with Gasteiger partial charge in [-0.1, -0.05) is 60.7 Å². The topological polar surface area (TPSA) is 319 Å². The zero-order valence-corrected chi connectivity index (χ0v) is 37.6. The largest absolute Gasteiger partial charge is 0.399 e. The van der Waals surface area contributed by atoms with Gasteiger partial charge in [-0.2, -0.15) is 0 Å². The molecule has 6 rings (SSSR count). The van der Waals surface area contributed by atoms with E-state index in [1.54, 1.807) is 61.1 Å². The van der Waals surface area contributed by atoms with Gasteiger partial charge >= 0.3 is 18.1 Å². The number of hydrogen-bond donors (Lipinski definition) is 10. The lowest BCUT2D eigenvalue weighted by molar-refractivity contribution is -0.189. The summed E-state index contributed by atoms with van der Waals surface area (Å²) >= 11 is 1.35. The van der Waals surface area contributed by atoms with Gasteiger partial charge in [0.1, 0.15) is 31.2 Å². The molecular weight excluding hydrogens is 885 g/mol. The van der Waals surface area contributed by atoms with Gasteiger partial charge in [-0.25, -0.2) is 34.5 Å². The minimum atomic E-state index is -0.577. The molecule has 0 aliphatic rings. The van der Waals surface area contributed by atoms with E-state index >= 15 is 0 Å². The molecule has 8 amide bonds. The van der Waals surface area contributed by atoms with Crippen LogP contribution in [0.5, 0.6) is 0 Å². The number of amides is 8. The van der Waals surface area contributed by atoms with E-state index < -0.39 is 24.0 Å². The number of nitrogens with one attached hydrogen (secondary N) is 6. The van der Waals surface area contributed by atoms with Crippen molar-refractivity contribution in [1.29, 1.82) is 0 Å². The Bertz CT molecular complexity index is 2560. The second-order valence-electron chi connectivity index (χ2n) is 13.9. The predicted molar refractivity (Wildman–Crippen MR) is 254 cm³/mol. The number of hydrogen-bond acceptors (Lipinski definition) is 14. The van der Waals surface area contributed by atoms with Gasteiger partial charge in [0.15, 0.2) is 4.96 Å². The number of rotatable bonds is 16. The highest BCUT2D eigenvalue weighted by Gasteiger charge is 2.15. The van der Waals surface area contributed by atoms with Crippen LogP contribution in [0, 0.1) is 0 Å². The maximum atomic E-state index is 12.2. The van der Waals surface area contributed by atoms with Gasteiger partial charge < -0.3 is 49.1 Å². The molecule has 3 aromatic carbocycles. The van der Waals surface area contributed by atoms with E-state index in [0.29, 0.717) is 53.5 Å². The molecule has 0 bridgehead atoms. The third kappa shape index (κ3) is 18.4. The Kier molecular flexibility index (Phi) is 20.8. The number of carbonyl (C=O) groups excluding carboxylic acids is 5. The lowest BCUT2D eigenvalue weighted by atomic mass is 10.2. The van der Waals surface area contributed by atoms with Crippen molar-refractivity contribution in [2.75, 3.05) is 48.7 Å². The molecule has 0 radical (unpaired) electrons. The zero-order chi connectivity index (χ0) is 48.6. The summed E-state index contributed by atoms with van der Waals surface area (Å²) in [5, 5.41) is 27.9. The minimum absolute atomic E-state index is 0.130. The highest BCUT2D eigenvalue weighted by atomic mass is 32.1. The van der Waals surface area contributed by atoms with E-state index in [9.17, 15) is 28.8 Å². The fraction of sp³-hybridized carbons (Fsp3) is 0.227. The summed E-state index contributed by atoms with van der Waals surface area (Å²) in [4.78, 5) is 84.6. The van der Waals surface area contributed by atoms with Crippen molar-refractivity contribution in [1.82, 2.24) is 51.1 Å². The molecule has 0 aliphatic carbocycles. The average Bonchev–Trinajstić information content (AvgIpc) is 3.83. The molecule has 22 nitrogen and oxygen atoms in total. The van der Waals surface area contributed by atoms with Crippen molar-refractivity contribution in [2.24, 2.45) is 0 Å². The SMILES string of the molecule is CCN(O)C(=O)CNC(=O)NCc1ccc(N)nc1.CCN(OCc1ccccc1)C(=O)CNC(=O)NCc1ccc(N)cc1.Nc1ccc(CNC(=O)Nc2cnc3sccn3c2=O)cc1. The summed E-state index contributed by atoms with van der Waals surface area (Å²) in [6.45, 7) is 4.82. The molecule has 3 aromatic heterocycles. The molecule has 0 unspecified atom stereocenters. The molecule has 0 fully saturated rings. The number of nitrogens with zero attached hydrogens (tertiary/aromatic N) is 5.